The third-order valence-corrected chi connectivity index (χ3v) is 3.69. The van der Waals surface area contributed by atoms with E-state index in [9.17, 15) is 0 Å². The molecule has 0 aliphatic carbocycles. The minimum atomic E-state index is 0.143. The molecule has 1 unspecified atom stereocenters. The van der Waals surface area contributed by atoms with Crippen LogP contribution in [0.4, 0.5) is 0 Å². The second-order valence-electron chi connectivity index (χ2n) is 7.60. The Morgan fingerprint density at radius 2 is 1.44 bits per heavy atom. The number of fused-ring (bicyclic) bond motifs is 1. The van der Waals surface area contributed by atoms with Crippen LogP contribution in [0.25, 0.3) is 0 Å². The van der Waals surface area contributed by atoms with Crippen molar-refractivity contribution in [2.75, 3.05) is 0 Å². The molecule has 1 aromatic carbocycles. The first-order valence-electron chi connectivity index (χ1n) is 6.94. The van der Waals surface area contributed by atoms with E-state index >= 15 is 0 Å². The van der Waals surface area contributed by atoms with Gasteiger partial charge in [0, 0.05) is 12.0 Å². The molecule has 2 rings (SSSR count). The summed E-state index contributed by atoms with van der Waals surface area (Å²) in [5.41, 5.74) is 4.55. The molecule has 0 radical (unpaired) electrons. The summed E-state index contributed by atoms with van der Waals surface area (Å²) in [6.45, 7) is 15.8. The summed E-state index contributed by atoms with van der Waals surface area (Å²) >= 11 is 0. The Kier molecular flexibility index (Phi) is 3.00. The molecule has 0 spiro atoms. The fraction of sp³-hybridized carbons (Fsp3) is 0.647. The van der Waals surface area contributed by atoms with Gasteiger partial charge < -0.3 is 4.74 Å². The summed E-state index contributed by atoms with van der Waals surface area (Å²) in [6, 6.07) is 4.57. The van der Waals surface area contributed by atoms with E-state index < -0.39 is 0 Å². The Labute approximate surface area is 112 Å². The van der Waals surface area contributed by atoms with Crippen molar-refractivity contribution in [1.29, 1.82) is 0 Å². The maximum absolute atomic E-state index is 6.10. The van der Waals surface area contributed by atoms with Gasteiger partial charge in [-0.25, -0.2) is 0 Å². The van der Waals surface area contributed by atoms with Crippen molar-refractivity contribution in [3.05, 3.63) is 28.8 Å². The highest BCUT2D eigenvalue weighted by Crippen LogP contribution is 2.43. The molecule has 0 aromatic heterocycles. The van der Waals surface area contributed by atoms with E-state index in [1.807, 2.05) is 0 Å². The third kappa shape index (κ3) is 2.28. The average molecular weight is 246 g/mol. The molecule has 0 N–H and O–H groups in total. The summed E-state index contributed by atoms with van der Waals surface area (Å²) in [5, 5.41) is 0. The molecule has 0 fully saturated rings. The average Bonchev–Trinajstić information content (AvgIpc) is 2.53. The van der Waals surface area contributed by atoms with Crippen molar-refractivity contribution in [2.24, 2.45) is 0 Å². The van der Waals surface area contributed by atoms with Crippen LogP contribution in [0.5, 0.6) is 5.75 Å². The van der Waals surface area contributed by atoms with Gasteiger partial charge >= 0.3 is 0 Å². The lowest BCUT2D eigenvalue weighted by atomic mass is 9.78. The van der Waals surface area contributed by atoms with Crippen LogP contribution in [-0.2, 0) is 17.3 Å². The van der Waals surface area contributed by atoms with Crippen molar-refractivity contribution in [1.82, 2.24) is 0 Å². The molecular weight excluding hydrogens is 220 g/mol. The van der Waals surface area contributed by atoms with Gasteiger partial charge in [0.05, 0.1) is 0 Å². The highest BCUT2D eigenvalue weighted by molar-refractivity contribution is 5.53. The number of hydrogen-bond donors (Lipinski definition) is 0. The van der Waals surface area contributed by atoms with Gasteiger partial charge in [0.1, 0.15) is 11.9 Å². The van der Waals surface area contributed by atoms with Gasteiger partial charge in [0.15, 0.2) is 0 Å². The normalized spacial score (nSPS) is 19.6. The van der Waals surface area contributed by atoms with Crippen LogP contribution in [0.15, 0.2) is 12.1 Å². The smallest absolute Gasteiger partial charge is 0.127 e. The van der Waals surface area contributed by atoms with E-state index in [1.54, 1.807) is 0 Å². The zero-order valence-corrected chi connectivity index (χ0v) is 12.8. The van der Waals surface area contributed by atoms with Gasteiger partial charge in [-0.05, 0) is 28.9 Å². The van der Waals surface area contributed by atoms with Crippen molar-refractivity contribution in [3.63, 3.8) is 0 Å². The van der Waals surface area contributed by atoms with Gasteiger partial charge in [0.2, 0.25) is 0 Å². The largest absolute Gasteiger partial charge is 0.490 e. The Hall–Kier alpha value is -0.980. The second-order valence-corrected chi connectivity index (χ2v) is 7.60. The summed E-state index contributed by atoms with van der Waals surface area (Å²) in [6.07, 6.45) is 1.36. The molecule has 1 aliphatic heterocycles. The predicted octanol–water partition coefficient (Wildman–Crippen LogP) is 4.61. The van der Waals surface area contributed by atoms with Crippen LogP contribution in [-0.4, -0.2) is 6.10 Å². The van der Waals surface area contributed by atoms with E-state index in [2.05, 4.69) is 60.6 Å². The van der Waals surface area contributed by atoms with Crippen LogP contribution >= 0.6 is 0 Å². The molecular formula is C17H26O. The standard InChI is InChI=1S/C17H26O/c1-11-10-12-13(16(2,3)4)8-9-14(15(12)18-11)17(5,6)7/h8-9,11H,10H2,1-7H3. The SMILES string of the molecule is CC1Cc2c(C(C)(C)C)ccc(C(C)(C)C)c2O1. The van der Waals surface area contributed by atoms with E-state index in [4.69, 9.17) is 4.74 Å². The molecule has 18 heavy (non-hydrogen) atoms. The van der Waals surface area contributed by atoms with Gasteiger partial charge in [-0.3, -0.25) is 0 Å². The van der Waals surface area contributed by atoms with Crippen molar-refractivity contribution in [2.45, 2.75) is 71.8 Å². The summed E-state index contributed by atoms with van der Waals surface area (Å²) < 4.78 is 6.10. The number of ether oxygens (including phenoxy) is 1. The summed E-state index contributed by atoms with van der Waals surface area (Å²) in [5.74, 6) is 1.16. The van der Waals surface area contributed by atoms with Crippen LogP contribution in [0.1, 0.15) is 65.2 Å². The van der Waals surface area contributed by atoms with E-state index in [-0.39, 0.29) is 10.8 Å². The molecule has 1 atom stereocenters. The highest BCUT2D eigenvalue weighted by atomic mass is 16.5. The zero-order chi connectivity index (χ0) is 13.7. The van der Waals surface area contributed by atoms with Crippen LogP contribution in [0.2, 0.25) is 0 Å². The quantitative estimate of drug-likeness (QED) is 0.650. The monoisotopic (exact) mass is 246 g/mol. The maximum Gasteiger partial charge on any atom is 0.127 e. The molecule has 100 valence electrons. The topological polar surface area (TPSA) is 9.23 Å². The number of rotatable bonds is 0. The first-order chi connectivity index (χ1) is 8.10. The molecule has 1 aliphatic rings. The molecule has 0 saturated carbocycles. The molecule has 1 heteroatoms. The minimum Gasteiger partial charge on any atom is -0.490 e. The number of benzene rings is 1. The zero-order valence-electron chi connectivity index (χ0n) is 12.8. The Balaban J connectivity index is 2.63. The van der Waals surface area contributed by atoms with Gasteiger partial charge in [-0.1, -0.05) is 53.7 Å². The van der Waals surface area contributed by atoms with E-state index in [1.165, 1.54) is 16.7 Å². The lowest BCUT2D eigenvalue weighted by Crippen LogP contribution is -2.17. The molecule has 0 saturated heterocycles. The van der Waals surface area contributed by atoms with Crippen LogP contribution in [0.3, 0.4) is 0 Å². The summed E-state index contributed by atoms with van der Waals surface area (Å²) in [7, 11) is 0. The lowest BCUT2D eigenvalue weighted by molar-refractivity contribution is 0.249. The minimum absolute atomic E-state index is 0.143. The van der Waals surface area contributed by atoms with Crippen molar-refractivity contribution < 1.29 is 4.74 Å². The summed E-state index contributed by atoms with van der Waals surface area (Å²) in [4.78, 5) is 0. The maximum atomic E-state index is 6.10. The molecule has 1 aromatic rings. The van der Waals surface area contributed by atoms with Gasteiger partial charge in [-0.2, -0.15) is 0 Å². The molecule has 0 bridgehead atoms. The third-order valence-electron chi connectivity index (χ3n) is 3.69. The second kappa shape index (κ2) is 4.01. The Morgan fingerprint density at radius 1 is 0.944 bits per heavy atom. The molecule has 1 nitrogen and oxygen atoms in total. The van der Waals surface area contributed by atoms with Gasteiger partial charge in [0.25, 0.3) is 0 Å². The van der Waals surface area contributed by atoms with Crippen molar-refractivity contribution >= 4 is 0 Å². The lowest BCUT2D eigenvalue weighted by Gasteiger charge is -2.27. The first kappa shape index (κ1) is 13.5. The van der Waals surface area contributed by atoms with E-state index in [0.29, 0.717) is 6.10 Å². The fourth-order valence-electron chi connectivity index (χ4n) is 2.79. The van der Waals surface area contributed by atoms with Crippen molar-refractivity contribution in [3.8, 4) is 5.75 Å². The Morgan fingerprint density at radius 3 is 1.94 bits per heavy atom. The van der Waals surface area contributed by atoms with Crippen LogP contribution in [0, 0.1) is 0 Å². The van der Waals surface area contributed by atoms with E-state index in [0.717, 1.165) is 12.2 Å². The highest BCUT2D eigenvalue weighted by Gasteiger charge is 2.32. The van der Waals surface area contributed by atoms with Gasteiger partial charge in [-0.15, -0.1) is 0 Å². The molecule has 0 amide bonds. The number of hydrogen-bond acceptors (Lipinski definition) is 1. The van der Waals surface area contributed by atoms with Crippen LogP contribution < -0.4 is 4.74 Å². The molecule has 1 heterocycles. The Bertz CT molecular complexity index is 415. The fourth-order valence-corrected chi connectivity index (χ4v) is 2.79. The first-order valence-corrected chi connectivity index (χ1v) is 6.94. The predicted molar refractivity (Wildman–Crippen MR) is 77.6 cm³/mol.